The molecule has 1 aromatic heterocycles. The topological polar surface area (TPSA) is 127 Å². The Bertz CT molecular complexity index is 576. The summed E-state index contributed by atoms with van der Waals surface area (Å²) in [6.07, 6.45) is 0. The number of primary sulfonamides is 1. The lowest BCUT2D eigenvalue weighted by Gasteiger charge is -2.22. The lowest BCUT2D eigenvalue weighted by atomic mass is 10.1. The number of nitrogens with zero attached hydrogens (tertiary/aromatic N) is 1. The Morgan fingerprint density at radius 3 is 2.58 bits per heavy atom. The van der Waals surface area contributed by atoms with Gasteiger partial charge in [-0.05, 0) is 20.8 Å². The number of nitrogens with two attached hydrogens (primary N) is 1. The number of sulfonamides is 1. The van der Waals surface area contributed by atoms with Crippen LogP contribution in [0.5, 0.6) is 0 Å². The summed E-state index contributed by atoms with van der Waals surface area (Å²) in [6, 6.07) is 0. The molecule has 19 heavy (non-hydrogen) atoms. The molecular weight excluding hydrogens is 272 g/mol. The first-order valence-electron chi connectivity index (χ1n) is 5.49. The minimum Gasteiger partial charge on any atom is -0.377 e. The third kappa shape index (κ3) is 3.75. The van der Waals surface area contributed by atoms with Crippen LogP contribution in [0.2, 0.25) is 0 Å². The van der Waals surface area contributed by atoms with E-state index >= 15 is 0 Å². The molecule has 0 aliphatic carbocycles. The average molecular weight is 290 g/mol. The van der Waals surface area contributed by atoms with Crippen molar-refractivity contribution in [1.82, 2.24) is 15.5 Å². The number of ether oxygens (including phenoxy) is 1. The highest BCUT2D eigenvalue weighted by atomic mass is 32.2. The number of methoxy groups -OCH3 is 1. The maximum absolute atomic E-state index is 11.9. The van der Waals surface area contributed by atoms with Crippen molar-refractivity contribution in [1.29, 1.82) is 0 Å². The van der Waals surface area contributed by atoms with Crippen LogP contribution in [0.3, 0.4) is 0 Å². The Labute approximate surface area is 111 Å². The monoisotopic (exact) mass is 290 g/mol. The number of nitrogens with one attached hydrogen (secondary N) is 2. The third-order valence-electron chi connectivity index (χ3n) is 2.62. The zero-order valence-electron chi connectivity index (χ0n) is 11.3. The fourth-order valence-electron chi connectivity index (χ4n) is 1.37. The van der Waals surface area contributed by atoms with Gasteiger partial charge in [-0.25, -0.2) is 13.6 Å². The van der Waals surface area contributed by atoms with Crippen LogP contribution in [0, 0.1) is 6.92 Å². The minimum atomic E-state index is -4.01. The second kappa shape index (κ2) is 5.27. The van der Waals surface area contributed by atoms with Crippen LogP contribution in [0.15, 0.2) is 4.90 Å². The molecule has 0 radical (unpaired) electrons. The Hall–Kier alpha value is -1.45. The molecule has 0 atom stereocenters. The quantitative estimate of drug-likeness (QED) is 0.675. The van der Waals surface area contributed by atoms with Gasteiger partial charge in [0.05, 0.1) is 11.3 Å². The van der Waals surface area contributed by atoms with Gasteiger partial charge in [-0.15, -0.1) is 0 Å². The number of carbonyl (C=O) groups excluding carboxylic acids is 1. The van der Waals surface area contributed by atoms with E-state index in [-0.39, 0.29) is 22.8 Å². The van der Waals surface area contributed by atoms with Crippen LogP contribution >= 0.6 is 0 Å². The fourth-order valence-corrected chi connectivity index (χ4v) is 2.25. The first kappa shape index (κ1) is 15.6. The van der Waals surface area contributed by atoms with Crippen molar-refractivity contribution in [3.8, 4) is 0 Å². The third-order valence-corrected chi connectivity index (χ3v) is 3.69. The van der Waals surface area contributed by atoms with E-state index in [4.69, 9.17) is 9.88 Å². The fraction of sp³-hybridized carbons (Fsp3) is 0.600. The summed E-state index contributed by atoms with van der Waals surface area (Å²) in [5.74, 6) is -0.626. The van der Waals surface area contributed by atoms with Crippen LogP contribution in [0.25, 0.3) is 0 Å². The molecule has 0 saturated carbocycles. The molecule has 8 nitrogen and oxygen atoms in total. The van der Waals surface area contributed by atoms with E-state index in [0.717, 1.165) is 0 Å². The Morgan fingerprint density at radius 1 is 1.53 bits per heavy atom. The van der Waals surface area contributed by atoms with Gasteiger partial charge in [0.25, 0.3) is 5.91 Å². The SMILES string of the molecule is COC(C)(C)CNC(=O)c1n[nH]c(C)c1S(N)(=O)=O. The summed E-state index contributed by atoms with van der Waals surface area (Å²) in [7, 11) is -2.50. The van der Waals surface area contributed by atoms with Gasteiger partial charge < -0.3 is 10.1 Å². The molecule has 108 valence electrons. The Balaban J connectivity index is 2.97. The minimum absolute atomic E-state index is 0.207. The summed E-state index contributed by atoms with van der Waals surface area (Å²) in [6.45, 7) is 5.24. The number of aryl methyl sites for hydroxylation is 1. The van der Waals surface area contributed by atoms with Crippen LogP contribution in [0.4, 0.5) is 0 Å². The summed E-state index contributed by atoms with van der Waals surface area (Å²) in [5.41, 5.74) is -0.589. The van der Waals surface area contributed by atoms with Crippen LogP contribution in [-0.2, 0) is 14.8 Å². The molecule has 9 heteroatoms. The second-order valence-corrected chi connectivity index (χ2v) is 6.22. The molecule has 0 spiro atoms. The predicted octanol–water partition coefficient (Wildman–Crippen LogP) is -0.480. The van der Waals surface area contributed by atoms with Gasteiger partial charge in [0.2, 0.25) is 10.0 Å². The maximum atomic E-state index is 11.9. The van der Waals surface area contributed by atoms with Gasteiger partial charge >= 0.3 is 0 Å². The number of carbonyl (C=O) groups is 1. The second-order valence-electron chi connectivity index (χ2n) is 4.72. The molecule has 0 saturated heterocycles. The van der Waals surface area contributed by atoms with Gasteiger partial charge in [0.15, 0.2) is 5.69 Å². The molecule has 0 unspecified atom stereocenters. The number of rotatable bonds is 5. The van der Waals surface area contributed by atoms with E-state index < -0.39 is 21.5 Å². The van der Waals surface area contributed by atoms with Crippen LogP contribution in [0.1, 0.15) is 30.0 Å². The smallest absolute Gasteiger partial charge is 0.273 e. The highest BCUT2D eigenvalue weighted by Crippen LogP contribution is 2.16. The molecular formula is C10H18N4O4S. The van der Waals surface area contributed by atoms with E-state index in [0.29, 0.717) is 0 Å². The predicted molar refractivity (Wildman–Crippen MR) is 68.1 cm³/mol. The number of aromatic amines is 1. The van der Waals surface area contributed by atoms with Crippen molar-refractivity contribution in [3.63, 3.8) is 0 Å². The van der Waals surface area contributed by atoms with Gasteiger partial charge in [0.1, 0.15) is 4.90 Å². The van der Waals surface area contributed by atoms with Crippen molar-refractivity contribution in [2.75, 3.05) is 13.7 Å². The maximum Gasteiger partial charge on any atom is 0.273 e. The first-order chi connectivity index (χ1) is 8.58. The summed E-state index contributed by atoms with van der Waals surface area (Å²) in [5, 5.41) is 13.7. The highest BCUT2D eigenvalue weighted by Gasteiger charge is 2.27. The normalized spacial score (nSPS) is 12.5. The summed E-state index contributed by atoms with van der Waals surface area (Å²) in [4.78, 5) is 11.6. The zero-order chi connectivity index (χ0) is 14.8. The van der Waals surface area contributed by atoms with E-state index in [9.17, 15) is 13.2 Å². The lowest BCUT2D eigenvalue weighted by molar-refractivity contribution is 0.0228. The molecule has 1 aromatic rings. The molecule has 1 amide bonds. The van der Waals surface area contributed by atoms with Crippen molar-refractivity contribution in [2.24, 2.45) is 5.14 Å². The van der Waals surface area contributed by atoms with E-state index in [1.807, 2.05) is 0 Å². The van der Waals surface area contributed by atoms with Crippen LogP contribution in [-0.4, -0.2) is 43.8 Å². The number of hydrogen-bond acceptors (Lipinski definition) is 5. The van der Waals surface area contributed by atoms with Crippen molar-refractivity contribution < 1.29 is 17.9 Å². The Kier molecular flexibility index (Phi) is 4.33. The summed E-state index contributed by atoms with van der Waals surface area (Å²) >= 11 is 0. The van der Waals surface area contributed by atoms with Gasteiger partial charge in [0, 0.05) is 13.7 Å². The van der Waals surface area contributed by atoms with Crippen LogP contribution < -0.4 is 10.5 Å². The molecule has 1 rings (SSSR count). The Morgan fingerprint density at radius 2 is 2.11 bits per heavy atom. The molecule has 0 aliphatic rings. The standard InChI is InChI=1S/C10H18N4O4S/c1-6-8(19(11,16)17)7(14-13-6)9(15)12-5-10(2,3)18-4/h5H2,1-4H3,(H,12,15)(H,13,14)(H2,11,16,17). The first-order valence-corrected chi connectivity index (χ1v) is 7.04. The number of amides is 1. The molecule has 0 fully saturated rings. The van der Waals surface area contributed by atoms with Crippen molar-refractivity contribution in [2.45, 2.75) is 31.3 Å². The average Bonchev–Trinajstić information content (AvgIpc) is 2.68. The molecule has 4 N–H and O–H groups in total. The number of H-pyrrole nitrogens is 1. The molecule has 0 aliphatic heterocycles. The molecule has 0 aromatic carbocycles. The number of hydrogen-bond donors (Lipinski definition) is 3. The van der Waals surface area contributed by atoms with Crippen molar-refractivity contribution >= 4 is 15.9 Å². The molecule has 0 bridgehead atoms. The summed E-state index contributed by atoms with van der Waals surface area (Å²) < 4.78 is 28.0. The molecule has 1 heterocycles. The van der Waals surface area contributed by atoms with Gasteiger partial charge in [-0.1, -0.05) is 0 Å². The lowest BCUT2D eigenvalue weighted by Crippen LogP contribution is -2.40. The highest BCUT2D eigenvalue weighted by molar-refractivity contribution is 7.89. The van der Waals surface area contributed by atoms with E-state index in [2.05, 4.69) is 15.5 Å². The largest absolute Gasteiger partial charge is 0.377 e. The van der Waals surface area contributed by atoms with Crippen molar-refractivity contribution in [3.05, 3.63) is 11.4 Å². The van der Waals surface area contributed by atoms with E-state index in [1.54, 1.807) is 13.8 Å². The zero-order valence-corrected chi connectivity index (χ0v) is 12.1. The van der Waals surface area contributed by atoms with E-state index in [1.165, 1.54) is 14.0 Å². The van der Waals surface area contributed by atoms with Gasteiger partial charge in [-0.3, -0.25) is 9.89 Å². The van der Waals surface area contributed by atoms with Gasteiger partial charge in [-0.2, -0.15) is 5.10 Å². The number of aromatic nitrogens is 2.